The van der Waals surface area contributed by atoms with Gasteiger partial charge in [0.15, 0.2) is 0 Å². The lowest BCUT2D eigenvalue weighted by molar-refractivity contribution is 0.0457. The molecule has 3 heterocycles. The van der Waals surface area contributed by atoms with E-state index in [9.17, 15) is 8.42 Å². The molecule has 6 nitrogen and oxygen atoms in total. The number of rotatable bonds is 3. The summed E-state index contributed by atoms with van der Waals surface area (Å²) in [6.45, 7) is 1.79. The zero-order valence-corrected chi connectivity index (χ0v) is 14.1. The first kappa shape index (κ1) is 15.6. The number of furan rings is 1. The lowest BCUT2D eigenvalue weighted by Crippen LogP contribution is -2.50. The molecule has 1 saturated carbocycles. The van der Waals surface area contributed by atoms with Crippen LogP contribution in [0.4, 0.5) is 0 Å². The molecule has 2 saturated heterocycles. The Morgan fingerprint density at radius 2 is 1.91 bits per heavy atom. The predicted octanol–water partition coefficient (Wildman–Crippen LogP) is 2.30. The van der Waals surface area contributed by atoms with Gasteiger partial charge in [0.05, 0.1) is 24.5 Å². The Bertz CT molecular complexity index is 631. The standard InChI is InChI=1S/C16H24N2O4S/c19-23(20,17-9-2-6-14(17)16-8-3-11-21-16)18-10-4-12-22-15-7-1-5-13(15)18/h3,8,11,13-15H,1-2,4-7,9-10,12H2. The molecule has 1 aromatic heterocycles. The molecule has 0 aromatic carbocycles. The monoisotopic (exact) mass is 340 g/mol. The van der Waals surface area contributed by atoms with Gasteiger partial charge in [0.1, 0.15) is 5.76 Å². The third-order valence-electron chi connectivity index (χ3n) is 5.31. The molecule has 3 fully saturated rings. The van der Waals surface area contributed by atoms with Crippen molar-refractivity contribution >= 4 is 10.2 Å². The van der Waals surface area contributed by atoms with Gasteiger partial charge in [0.25, 0.3) is 10.2 Å². The molecule has 0 spiro atoms. The molecular formula is C16H24N2O4S. The average molecular weight is 340 g/mol. The number of hydrogen-bond donors (Lipinski definition) is 0. The Morgan fingerprint density at radius 3 is 2.74 bits per heavy atom. The second-order valence-corrected chi connectivity index (χ2v) is 8.50. The normalized spacial score (nSPS) is 33.7. The van der Waals surface area contributed by atoms with E-state index in [1.807, 2.05) is 12.1 Å². The summed E-state index contributed by atoms with van der Waals surface area (Å²) < 4.78 is 41.4. The minimum Gasteiger partial charge on any atom is -0.468 e. The van der Waals surface area contributed by atoms with Crippen LogP contribution in [0.2, 0.25) is 0 Å². The maximum atomic E-state index is 13.3. The van der Waals surface area contributed by atoms with E-state index in [1.165, 1.54) is 0 Å². The molecule has 1 aromatic rings. The molecule has 0 radical (unpaired) electrons. The van der Waals surface area contributed by atoms with E-state index in [-0.39, 0.29) is 18.2 Å². The van der Waals surface area contributed by atoms with Crippen molar-refractivity contribution in [2.45, 2.75) is 56.7 Å². The van der Waals surface area contributed by atoms with Crippen LogP contribution in [0.1, 0.15) is 50.3 Å². The fourth-order valence-corrected chi connectivity index (χ4v) is 6.36. The summed E-state index contributed by atoms with van der Waals surface area (Å²) >= 11 is 0. The van der Waals surface area contributed by atoms with Crippen molar-refractivity contribution in [2.75, 3.05) is 19.7 Å². The highest BCUT2D eigenvalue weighted by Gasteiger charge is 2.46. The van der Waals surface area contributed by atoms with Gasteiger partial charge in [-0.15, -0.1) is 0 Å². The van der Waals surface area contributed by atoms with Crippen molar-refractivity contribution in [3.05, 3.63) is 24.2 Å². The number of ether oxygens (including phenoxy) is 1. The fourth-order valence-electron chi connectivity index (χ4n) is 4.25. The largest absolute Gasteiger partial charge is 0.468 e. The second-order valence-electron chi connectivity index (χ2n) is 6.66. The molecule has 128 valence electrons. The van der Waals surface area contributed by atoms with E-state index in [1.54, 1.807) is 14.9 Å². The molecule has 4 rings (SSSR count). The number of nitrogens with zero attached hydrogens (tertiary/aromatic N) is 2. The molecule has 0 N–H and O–H groups in total. The highest BCUT2D eigenvalue weighted by atomic mass is 32.2. The van der Waals surface area contributed by atoms with Crippen molar-refractivity contribution in [3.8, 4) is 0 Å². The molecule has 2 aliphatic heterocycles. The van der Waals surface area contributed by atoms with E-state index in [0.29, 0.717) is 19.7 Å². The summed E-state index contributed by atoms with van der Waals surface area (Å²) in [5, 5.41) is 0. The average Bonchev–Trinajstić information content (AvgIpc) is 3.26. The number of hydrogen-bond acceptors (Lipinski definition) is 4. The van der Waals surface area contributed by atoms with Crippen molar-refractivity contribution in [3.63, 3.8) is 0 Å². The van der Waals surface area contributed by atoms with E-state index in [4.69, 9.17) is 9.15 Å². The molecule has 7 heteroatoms. The van der Waals surface area contributed by atoms with E-state index >= 15 is 0 Å². The lowest BCUT2D eigenvalue weighted by Gasteiger charge is -2.34. The van der Waals surface area contributed by atoms with Crippen molar-refractivity contribution in [1.29, 1.82) is 0 Å². The Labute approximate surface area is 137 Å². The van der Waals surface area contributed by atoms with E-state index in [2.05, 4.69) is 0 Å². The van der Waals surface area contributed by atoms with Gasteiger partial charge in [0, 0.05) is 19.7 Å². The zero-order valence-electron chi connectivity index (χ0n) is 13.3. The van der Waals surface area contributed by atoms with Crippen LogP contribution >= 0.6 is 0 Å². The minimum absolute atomic E-state index is 0.000325. The maximum Gasteiger partial charge on any atom is 0.282 e. The van der Waals surface area contributed by atoms with Gasteiger partial charge in [-0.05, 0) is 50.7 Å². The van der Waals surface area contributed by atoms with Gasteiger partial charge in [-0.25, -0.2) is 0 Å². The van der Waals surface area contributed by atoms with Gasteiger partial charge in [-0.3, -0.25) is 0 Å². The summed E-state index contributed by atoms with van der Waals surface area (Å²) in [4.78, 5) is 0. The molecule has 23 heavy (non-hydrogen) atoms. The zero-order chi connectivity index (χ0) is 15.9. The number of fused-ring (bicyclic) bond motifs is 1. The van der Waals surface area contributed by atoms with Gasteiger partial charge in [-0.2, -0.15) is 17.0 Å². The lowest BCUT2D eigenvalue weighted by atomic mass is 10.2. The molecule has 3 unspecified atom stereocenters. The highest BCUT2D eigenvalue weighted by Crippen LogP contribution is 2.38. The van der Waals surface area contributed by atoms with E-state index < -0.39 is 10.2 Å². The second kappa shape index (κ2) is 6.20. The van der Waals surface area contributed by atoms with Crippen LogP contribution in [0.15, 0.2) is 22.8 Å². The van der Waals surface area contributed by atoms with Crippen molar-refractivity contribution in [2.24, 2.45) is 0 Å². The summed E-state index contributed by atoms with van der Waals surface area (Å²) in [7, 11) is -3.49. The Balaban J connectivity index is 1.63. The molecule has 1 aliphatic carbocycles. The predicted molar refractivity (Wildman–Crippen MR) is 85.0 cm³/mol. The smallest absolute Gasteiger partial charge is 0.282 e. The van der Waals surface area contributed by atoms with Gasteiger partial charge in [-0.1, -0.05) is 0 Å². The first-order valence-electron chi connectivity index (χ1n) is 8.61. The van der Waals surface area contributed by atoms with Crippen LogP contribution in [0.25, 0.3) is 0 Å². The van der Waals surface area contributed by atoms with E-state index in [0.717, 1.165) is 44.3 Å². The van der Waals surface area contributed by atoms with Crippen molar-refractivity contribution < 1.29 is 17.6 Å². The minimum atomic E-state index is -3.49. The van der Waals surface area contributed by atoms with Crippen LogP contribution in [0.3, 0.4) is 0 Å². The van der Waals surface area contributed by atoms with Crippen LogP contribution in [-0.4, -0.2) is 48.9 Å². The third-order valence-corrected chi connectivity index (χ3v) is 7.39. The van der Waals surface area contributed by atoms with Gasteiger partial charge in [0.2, 0.25) is 0 Å². The molecule has 3 atom stereocenters. The first-order chi connectivity index (χ1) is 11.2. The van der Waals surface area contributed by atoms with Crippen LogP contribution < -0.4 is 0 Å². The SMILES string of the molecule is O=S(=O)(N1CCCC1c1ccco1)N1CCCOC2CCCC21. The summed E-state index contributed by atoms with van der Waals surface area (Å²) in [5.74, 6) is 0.750. The highest BCUT2D eigenvalue weighted by molar-refractivity contribution is 7.86. The quantitative estimate of drug-likeness (QED) is 0.847. The Morgan fingerprint density at radius 1 is 1.04 bits per heavy atom. The molecule has 0 amide bonds. The topological polar surface area (TPSA) is 63.0 Å². The summed E-state index contributed by atoms with van der Waals surface area (Å²) in [5.41, 5.74) is 0. The molecule has 3 aliphatic rings. The third kappa shape index (κ3) is 2.73. The summed E-state index contributed by atoms with van der Waals surface area (Å²) in [6, 6.07) is 3.53. The van der Waals surface area contributed by atoms with Crippen LogP contribution in [0, 0.1) is 0 Å². The van der Waals surface area contributed by atoms with Gasteiger partial charge < -0.3 is 9.15 Å². The molecular weight excluding hydrogens is 316 g/mol. The van der Waals surface area contributed by atoms with Crippen molar-refractivity contribution in [1.82, 2.24) is 8.61 Å². The fraction of sp³-hybridized carbons (Fsp3) is 0.750. The van der Waals surface area contributed by atoms with Crippen LogP contribution in [-0.2, 0) is 14.9 Å². The Hall–Kier alpha value is -0.890. The van der Waals surface area contributed by atoms with Crippen LogP contribution in [0.5, 0.6) is 0 Å². The maximum absolute atomic E-state index is 13.3. The van der Waals surface area contributed by atoms with Gasteiger partial charge >= 0.3 is 0 Å². The summed E-state index contributed by atoms with van der Waals surface area (Å²) in [6.07, 6.45) is 7.08. The first-order valence-corrected chi connectivity index (χ1v) is 10.0. The molecule has 0 bridgehead atoms. The Kier molecular flexibility index (Phi) is 4.21.